The second kappa shape index (κ2) is 6.76. The number of amides is 2. The number of carbonyl (C=O) groups excluding carboxylic acids is 2. The van der Waals surface area contributed by atoms with Crippen molar-refractivity contribution in [2.75, 3.05) is 18.8 Å². The van der Waals surface area contributed by atoms with Gasteiger partial charge in [0, 0.05) is 38.4 Å². The number of hydrazine groups is 1. The molecule has 0 radical (unpaired) electrons. The summed E-state index contributed by atoms with van der Waals surface area (Å²) in [6.45, 7) is 1.22. The van der Waals surface area contributed by atoms with Gasteiger partial charge in [-0.25, -0.2) is 10.8 Å². The number of nitrogens with zero attached hydrogens (tertiary/aromatic N) is 3. The first-order valence-electron chi connectivity index (χ1n) is 6.50. The van der Waals surface area contributed by atoms with Crippen molar-refractivity contribution in [2.24, 2.45) is 18.8 Å². The normalized spacial score (nSPS) is 16.2. The van der Waals surface area contributed by atoms with Crippen LogP contribution in [0.5, 0.6) is 0 Å². The Morgan fingerprint density at radius 3 is 2.75 bits per heavy atom. The molecule has 0 atom stereocenters. The molecule has 8 heteroatoms. The summed E-state index contributed by atoms with van der Waals surface area (Å²) in [6, 6.07) is 0. The van der Waals surface area contributed by atoms with Crippen molar-refractivity contribution in [3.63, 3.8) is 0 Å². The van der Waals surface area contributed by atoms with Crippen molar-refractivity contribution in [3.8, 4) is 0 Å². The highest BCUT2D eigenvalue weighted by Gasteiger charge is 2.26. The molecule has 0 saturated carbocycles. The Morgan fingerprint density at radius 1 is 1.50 bits per heavy atom. The summed E-state index contributed by atoms with van der Waals surface area (Å²) in [7, 11) is 1.90. The molecule has 7 nitrogen and oxygen atoms in total. The smallest absolute Gasteiger partial charge is 0.237 e. The van der Waals surface area contributed by atoms with E-state index in [4.69, 9.17) is 5.84 Å². The minimum Gasteiger partial charge on any atom is -0.342 e. The number of aryl methyl sites for hydroxylation is 1. The van der Waals surface area contributed by atoms with Gasteiger partial charge in [0.05, 0.1) is 5.75 Å². The van der Waals surface area contributed by atoms with E-state index in [1.807, 2.05) is 17.8 Å². The molecule has 1 fully saturated rings. The van der Waals surface area contributed by atoms with E-state index < -0.39 is 0 Å². The van der Waals surface area contributed by atoms with Gasteiger partial charge in [0.1, 0.15) is 0 Å². The summed E-state index contributed by atoms with van der Waals surface area (Å²) in [4.78, 5) is 29.5. The SMILES string of the molecule is Cn1ccnc1SCC(=O)N1CCC(C(=O)NN)CC1. The lowest BCUT2D eigenvalue weighted by molar-refractivity contribution is -0.133. The maximum atomic E-state index is 12.1. The van der Waals surface area contributed by atoms with E-state index in [-0.39, 0.29) is 17.7 Å². The summed E-state index contributed by atoms with van der Waals surface area (Å²) in [6.07, 6.45) is 4.90. The van der Waals surface area contributed by atoms with E-state index in [9.17, 15) is 9.59 Å². The average Bonchev–Trinajstić information content (AvgIpc) is 2.89. The van der Waals surface area contributed by atoms with Crippen LogP contribution in [0.4, 0.5) is 0 Å². The van der Waals surface area contributed by atoms with Crippen LogP contribution in [-0.4, -0.2) is 45.1 Å². The molecular formula is C12H19N5O2S. The van der Waals surface area contributed by atoms with Crippen LogP contribution in [0, 0.1) is 5.92 Å². The second-order valence-corrected chi connectivity index (χ2v) is 5.72. The predicted molar refractivity (Wildman–Crippen MR) is 75.6 cm³/mol. The first-order chi connectivity index (χ1) is 9.61. The third kappa shape index (κ3) is 3.51. The molecule has 0 unspecified atom stereocenters. The van der Waals surface area contributed by atoms with Gasteiger partial charge in [0.25, 0.3) is 0 Å². The molecule has 20 heavy (non-hydrogen) atoms. The lowest BCUT2D eigenvalue weighted by Gasteiger charge is -2.30. The average molecular weight is 297 g/mol. The van der Waals surface area contributed by atoms with Gasteiger partial charge in [-0.15, -0.1) is 0 Å². The summed E-state index contributed by atoms with van der Waals surface area (Å²) in [5.74, 6) is 5.36. The Morgan fingerprint density at radius 2 is 2.20 bits per heavy atom. The number of hydrogen-bond acceptors (Lipinski definition) is 5. The Hall–Kier alpha value is -1.54. The summed E-state index contributed by atoms with van der Waals surface area (Å²) >= 11 is 1.43. The van der Waals surface area contributed by atoms with E-state index in [1.54, 1.807) is 11.1 Å². The third-order valence-corrected chi connectivity index (χ3v) is 4.51. The monoisotopic (exact) mass is 297 g/mol. The zero-order valence-electron chi connectivity index (χ0n) is 11.4. The molecule has 1 saturated heterocycles. The van der Waals surface area contributed by atoms with Crippen LogP contribution in [0.1, 0.15) is 12.8 Å². The van der Waals surface area contributed by atoms with E-state index in [0.29, 0.717) is 31.7 Å². The molecule has 0 aliphatic carbocycles. The summed E-state index contributed by atoms with van der Waals surface area (Å²) in [5, 5.41) is 0.829. The summed E-state index contributed by atoms with van der Waals surface area (Å²) in [5.41, 5.74) is 2.17. The van der Waals surface area contributed by atoms with Gasteiger partial charge >= 0.3 is 0 Å². The number of hydrogen-bond donors (Lipinski definition) is 2. The first-order valence-corrected chi connectivity index (χ1v) is 7.48. The zero-order valence-corrected chi connectivity index (χ0v) is 12.2. The van der Waals surface area contributed by atoms with Crippen LogP contribution in [0.3, 0.4) is 0 Å². The van der Waals surface area contributed by atoms with E-state index in [0.717, 1.165) is 5.16 Å². The molecule has 2 heterocycles. The van der Waals surface area contributed by atoms with Crippen LogP contribution in [0.15, 0.2) is 17.6 Å². The number of nitrogens with two attached hydrogens (primary N) is 1. The van der Waals surface area contributed by atoms with Gasteiger partial charge in [-0.3, -0.25) is 15.0 Å². The van der Waals surface area contributed by atoms with Crippen LogP contribution >= 0.6 is 11.8 Å². The molecule has 2 rings (SSSR count). The van der Waals surface area contributed by atoms with Gasteiger partial charge in [-0.05, 0) is 12.8 Å². The molecule has 110 valence electrons. The van der Waals surface area contributed by atoms with Crippen molar-refractivity contribution in [2.45, 2.75) is 18.0 Å². The fourth-order valence-electron chi connectivity index (χ4n) is 2.22. The van der Waals surface area contributed by atoms with Gasteiger partial charge in [-0.1, -0.05) is 11.8 Å². The standard InChI is InChI=1S/C12H19N5O2S/c1-16-7-4-14-12(16)20-8-10(18)17-5-2-9(3-6-17)11(19)15-13/h4,7,9H,2-3,5-6,8,13H2,1H3,(H,15,19). The minimum absolute atomic E-state index is 0.0776. The zero-order chi connectivity index (χ0) is 14.5. The van der Waals surface area contributed by atoms with Crippen molar-refractivity contribution >= 4 is 23.6 Å². The number of imidazole rings is 1. The van der Waals surface area contributed by atoms with Crippen molar-refractivity contribution in [1.29, 1.82) is 0 Å². The molecule has 3 N–H and O–H groups in total. The van der Waals surface area contributed by atoms with Crippen molar-refractivity contribution < 1.29 is 9.59 Å². The molecule has 1 aliphatic rings. The molecule has 1 aliphatic heterocycles. The third-order valence-electron chi connectivity index (χ3n) is 3.46. The van der Waals surface area contributed by atoms with E-state index >= 15 is 0 Å². The second-order valence-electron chi connectivity index (χ2n) is 4.77. The van der Waals surface area contributed by atoms with Gasteiger partial charge < -0.3 is 9.47 Å². The van der Waals surface area contributed by atoms with Gasteiger partial charge in [-0.2, -0.15) is 0 Å². The number of nitrogens with one attached hydrogen (secondary N) is 1. The highest BCUT2D eigenvalue weighted by atomic mass is 32.2. The lowest BCUT2D eigenvalue weighted by Crippen LogP contribution is -2.45. The molecule has 2 amide bonds. The maximum absolute atomic E-state index is 12.1. The van der Waals surface area contributed by atoms with Crippen molar-refractivity contribution in [1.82, 2.24) is 19.9 Å². The van der Waals surface area contributed by atoms with Crippen LogP contribution < -0.4 is 11.3 Å². The van der Waals surface area contributed by atoms with E-state index in [2.05, 4.69) is 10.4 Å². The Balaban J connectivity index is 1.77. The number of aromatic nitrogens is 2. The molecule has 1 aromatic heterocycles. The Labute approximate surface area is 121 Å². The fraction of sp³-hybridized carbons (Fsp3) is 0.583. The number of rotatable bonds is 4. The van der Waals surface area contributed by atoms with Gasteiger partial charge in [0.15, 0.2) is 5.16 Å². The fourth-order valence-corrected chi connectivity index (χ4v) is 3.05. The highest BCUT2D eigenvalue weighted by Crippen LogP contribution is 2.20. The number of thioether (sulfide) groups is 1. The summed E-state index contributed by atoms with van der Waals surface area (Å²) < 4.78 is 1.88. The van der Waals surface area contributed by atoms with Crippen molar-refractivity contribution in [3.05, 3.63) is 12.4 Å². The number of likely N-dealkylation sites (tertiary alicyclic amines) is 1. The highest BCUT2D eigenvalue weighted by molar-refractivity contribution is 7.99. The van der Waals surface area contributed by atoms with Crippen LogP contribution in [-0.2, 0) is 16.6 Å². The topological polar surface area (TPSA) is 93.2 Å². The maximum Gasteiger partial charge on any atom is 0.237 e. The number of piperidine rings is 1. The van der Waals surface area contributed by atoms with Gasteiger partial charge in [0.2, 0.25) is 11.8 Å². The van der Waals surface area contributed by atoms with Crippen LogP contribution in [0.25, 0.3) is 0 Å². The predicted octanol–water partition coefficient (Wildman–Crippen LogP) is -0.259. The van der Waals surface area contributed by atoms with Crippen LogP contribution in [0.2, 0.25) is 0 Å². The largest absolute Gasteiger partial charge is 0.342 e. The minimum atomic E-state index is -0.139. The molecule has 0 spiro atoms. The molecular weight excluding hydrogens is 278 g/mol. The molecule has 0 bridgehead atoms. The van der Waals surface area contributed by atoms with E-state index in [1.165, 1.54) is 11.8 Å². The molecule has 1 aromatic rings. The Bertz CT molecular complexity index is 482. The number of carbonyl (C=O) groups is 2. The Kier molecular flexibility index (Phi) is 5.02. The molecule has 0 aromatic carbocycles. The lowest BCUT2D eigenvalue weighted by atomic mass is 9.96. The first kappa shape index (κ1) is 14.9. The quantitative estimate of drug-likeness (QED) is 0.346.